The van der Waals surface area contributed by atoms with Gasteiger partial charge in [-0.25, -0.2) is 9.59 Å². The Hall–Kier alpha value is -4.78. The van der Waals surface area contributed by atoms with E-state index < -0.39 is 41.1 Å². The fourth-order valence-corrected chi connectivity index (χ4v) is 6.10. The van der Waals surface area contributed by atoms with Gasteiger partial charge in [0, 0.05) is 46.2 Å². The predicted octanol–water partition coefficient (Wildman–Crippen LogP) is 7.39. The zero-order valence-electron chi connectivity index (χ0n) is 25.5. The maximum atomic E-state index is 13.7. The lowest BCUT2D eigenvalue weighted by atomic mass is 9.71. The Balaban J connectivity index is 1.70. The van der Waals surface area contributed by atoms with Crippen LogP contribution in [0.1, 0.15) is 48.9 Å². The number of ether oxygens (including phenoxy) is 4. The van der Waals surface area contributed by atoms with E-state index in [0.717, 1.165) is 0 Å². The van der Waals surface area contributed by atoms with Gasteiger partial charge in [0.1, 0.15) is 12.2 Å². The molecule has 0 unspecified atom stereocenters. The largest absolute Gasteiger partial charge is 0.443 e. The Labute approximate surface area is 263 Å². The molecule has 0 aromatic heterocycles. The average molecular weight is 601 g/mol. The molecule has 1 saturated carbocycles. The number of hydrogen-bond donors (Lipinski definition) is 0. The summed E-state index contributed by atoms with van der Waals surface area (Å²) in [7, 11) is 0. The second-order valence-corrected chi connectivity index (χ2v) is 11.8. The van der Waals surface area contributed by atoms with E-state index in [1.54, 1.807) is 13.8 Å². The molecule has 4 aromatic carbocycles. The van der Waals surface area contributed by atoms with Gasteiger partial charge in [-0.15, -0.1) is 0 Å². The summed E-state index contributed by atoms with van der Waals surface area (Å²) in [5, 5.41) is 0. The highest BCUT2D eigenvalue weighted by Crippen LogP contribution is 2.59. The third-order valence-electron chi connectivity index (χ3n) is 8.43. The Morgan fingerprint density at radius 2 is 0.844 bits per heavy atom. The molecular formula is C39H36O6. The van der Waals surface area contributed by atoms with Crippen LogP contribution in [0.5, 0.6) is 0 Å². The fourth-order valence-electron chi connectivity index (χ4n) is 6.10. The van der Waals surface area contributed by atoms with Crippen molar-refractivity contribution in [1.82, 2.24) is 0 Å². The molecule has 4 aromatic rings. The van der Waals surface area contributed by atoms with Crippen molar-refractivity contribution in [3.8, 4) is 0 Å². The zero-order chi connectivity index (χ0) is 31.7. The van der Waals surface area contributed by atoms with Gasteiger partial charge in [0.25, 0.3) is 0 Å². The molecule has 1 spiro atoms. The molecule has 0 radical (unpaired) electrons. The molecule has 0 amide bonds. The molecule has 2 atom stereocenters. The minimum absolute atomic E-state index is 0.230. The molecule has 1 saturated heterocycles. The molecule has 6 rings (SSSR count). The Morgan fingerprint density at radius 1 is 0.578 bits per heavy atom. The second kappa shape index (κ2) is 12.0. The lowest BCUT2D eigenvalue weighted by molar-refractivity contribution is -0.181. The molecule has 2 fully saturated rings. The van der Waals surface area contributed by atoms with Crippen LogP contribution in [0.15, 0.2) is 146 Å². The van der Waals surface area contributed by atoms with Crippen LogP contribution in [0, 0.1) is 0 Å². The topological polar surface area (TPSA) is 71.1 Å². The highest BCUT2D eigenvalue weighted by Gasteiger charge is 2.69. The van der Waals surface area contributed by atoms with Crippen molar-refractivity contribution in [3.05, 3.63) is 168 Å². The maximum Gasteiger partial charge on any atom is 0.334 e. The van der Waals surface area contributed by atoms with Crippen molar-refractivity contribution >= 4 is 11.9 Å². The van der Waals surface area contributed by atoms with E-state index in [9.17, 15) is 9.59 Å². The van der Waals surface area contributed by atoms with E-state index in [0.29, 0.717) is 35.1 Å². The van der Waals surface area contributed by atoms with Gasteiger partial charge in [-0.2, -0.15) is 0 Å². The molecule has 2 aliphatic rings. The van der Waals surface area contributed by atoms with Gasteiger partial charge in [0.2, 0.25) is 0 Å². The van der Waals surface area contributed by atoms with Crippen LogP contribution < -0.4 is 0 Å². The van der Waals surface area contributed by atoms with Gasteiger partial charge in [0.05, 0.1) is 0 Å². The van der Waals surface area contributed by atoms with E-state index in [1.807, 2.05) is 121 Å². The number of benzene rings is 4. The van der Waals surface area contributed by atoms with Crippen LogP contribution in [0.3, 0.4) is 0 Å². The van der Waals surface area contributed by atoms with E-state index in [4.69, 9.17) is 18.9 Å². The first kappa shape index (κ1) is 30.3. The summed E-state index contributed by atoms with van der Waals surface area (Å²) < 4.78 is 27.2. The summed E-state index contributed by atoms with van der Waals surface area (Å²) in [5.74, 6) is -2.14. The quantitative estimate of drug-likeness (QED) is 0.140. The summed E-state index contributed by atoms with van der Waals surface area (Å²) in [5.41, 5.74) is 0.0562. The number of rotatable bonds is 10. The normalized spacial score (nSPS) is 18.6. The van der Waals surface area contributed by atoms with Crippen molar-refractivity contribution in [2.45, 2.75) is 55.9 Å². The summed E-state index contributed by atoms with van der Waals surface area (Å²) >= 11 is 0. The number of carbonyl (C=O) groups is 2. The van der Waals surface area contributed by atoms with Crippen molar-refractivity contribution in [1.29, 1.82) is 0 Å². The van der Waals surface area contributed by atoms with Crippen LogP contribution in [0.4, 0.5) is 0 Å². The van der Waals surface area contributed by atoms with Gasteiger partial charge in [-0.1, -0.05) is 134 Å². The average Bonchev–Trinajstić information content (AvgIpc) is 3.73. The number of carbonyl (C=O) groups excluding carboxylic acids is 2. The van der Waals surface area contributed by atoms with E-state index >= 15 is 0 Å². The zero-order valence-corrected chi connectivity index (χ0v) is 25.5. The first-order chi connectivity index (χ1) is 21.7. The smallest absolute Gasteiger partial charge is 0.334 e. The minimum Gasteiger partial charge on any atom is -0.443 e. The molecule has 6 heteroatoms. The number of esters is 2. The standard InChI is InChI=1S/C39H36O6/c1-27(2)35(40)44-38(29-17-9-5-10-18-29,30-19-11-6-12-20-30)33-34(43-37(42-33)25-26-37)39(45-36(41)28(3)4,31-21-13-7-14-22-31)32-23-15-8-16-24-32/h5-24,33-34H,1,3,25-26H2,2,4H3/t33-,34-/m1/s1. The first-order valence-electron chi connectivity index (χ1n) is 15.1. The molecule has 1 aliphatic carbocycles. The molecule has 6 nitrogen and oxygen atoms in total. The van der Waals surface area contributed by atoms with Gasteiger partial charge < -0.3 is 18.9 Å². The van der Waals surface area contributed by atoms with Crippen molar-refractivity contribution in [2.75, 3.05) is 0 Å². The summed E-state index contributed by atoms with van der Waals surface area (Å²) in [6, 6.07) is 38.0. The summed E-state index contributed by atoms with van der Waals surface area (Å²) in [6.45, 7) is 11.0. The van der Waals surface area contributed by atoms with E-state index in [2.05, 4.69) is 13.2 Å². The van der Waals surface area contributed by atoms with Crippen molar-refractivity contribution in [2.24, 2.45) is 0 Å². The van der Waals surface area contributed by atoms with Crippen LogP contribution in [-0.2, 0) is 39.7 Å². The SMILES string of the molecule is C=C(C)C(=O)OC(c1ccccc1)(c1ccccc1)[C@@H]1OC2(CC2)O[C@H]1C(OC(=O)C(=C)C)(c1ccccc1)c1ccccc1. The highest BCUT2D eigenvalue weighted by atomic mass is 16.8. The third kappa shape index (κ3) is 5.41. The van der Waals surface area contributed by atoms with Gasteiger partial charge in [-0.3, -0.25) is 0 Å². The fraction of sp³-hybridized carbons (Fsp3) is 0.231. The molecule has 0 bridgehead atoms. The third-order valence-corrected chi connectivity index (χ3v) is 8.43. The molecule has 228 valence electrons. The molecule has 1 aliphatic heterocycles. The lowest BCUT2D eigenvalue weighted by Gasteiger charge is -2.46. The van der Waals surface area contributed by atoms with Gasteiger partial charge >= 0.3 is 11.9 Å². The van der Waals surface area contributed by atoms with Crippen LogP contribution in [0.25, 0.3) is 0 Å². The minimum atomic E-state index is -1.54. The molecule has 0 N–H and O–H groups in total. The van der Waals surface area contributed by atoms with Crippen molar-refractivity contribution < 1.29 is 28.5 Å². The summed E-state index contributed by atoms with van der Waals surface area (Å²) in [4.78, 5) is 27.4. The second-order valence-electron chi connectivity index (χ2n) is 11.8. The Kier molecular flexibility index (Phi) is 8.04. The predicted molar refractivity (Wildman–Crippen MR) is 171 cm³/mol. The number of hydrogen-bond acceptors (Lipinski definition) is 6. The van der Waals surface area contributed by atoms with Crippen LogP contribution in [0.2, 0.25) is 0 Å². The van der Waals surface area contributed by atoms with Crippen LogP contribution >= 0.6 is 0 Å². The lowest BCUT2D eigenvalue weighted by Crippen LogP contribution is -2.57. The highest BCUT2D eigenvalue weighted by molar-refractivity contribution is 5.88. The maximum absolute atomic E-state index is 13.7. The van der Waals surface area contributed by atoms with E-state index in [1.165, 1.54) is 0 Å². The van der Waals surface area contributed by atoms with Crippen molar-refractivity contribution in [3.63, 3.8) is 0 Å². The molecule has 45 heavy (non-hydrogen) atoms. The monoisotopic (exact) mass is 600 g/mol. The molecular weight excluding hydrogens is 564 g/mol. The Bertz CT molecular complexity index is 1490. The van der Waals surface area contributed by atoms with Crippen LogP contribution in [-0.4, -0.2) is 29.9 Å². The first-order valence-corrected chi connectivity index (χ1v) is 15.1. The molecule has 1 heterocycles. The summed E-state index contributed by atoms with van der Waals surface area (Å²) in [6.07, 6.45) is -0.734. The van der Waals surface area contributed by atoms with E-state index in [-0.39, 0.29) is 11.1 Å². The van der Waals surface area contributed by atoms with Gasteiger partial charge in [-0.05, 0) is 13.8 Å². The Morgan fingerprint density at radius 3 is 1.07 bits per heavy atom. The van der Waals surface area contributed by atoms with Gasteiger partial charge in [0.15, 0.2) is 17.0 Å².